The van der Waals surface area contributed by atoms with Gasteiger partial charge in [0.2, 0.25) is 5.91 Å². The van der Waals surface area contributed by atoms with Crippen molar-refractivity contribution in [3.8, 4) is 0 Å². The van der Waals surface area contributed by atoms with E-state index in [4.69, 9.17) is 5.73 Å². The minimum Gasteiger partial charge on any atom is -0.349 e. The van der Waals surface area contributed by atoms with Crippen molar-refractivity contribution in [3.05, 3.63) is 70.8 Å². The van der Waals surface area contributed by atoms with E-state index in [1.54, 1.807) is 6.07 Å². The first-order valence-corrected chi connectivity index (χ1v) is 17.0. The Labute approximate surface area is 267 Å². The molecule has 0 radical (unpaired) electrons. The number of amides is 2. The van der Waals surface area contributed by atoms with Crippen LogP contribution in [0.1, 0.15) is 112 Å². The van der Waals surface area contributed by atoms with Gasteiger partial charge in [-0.15, -0.1) is 0 Å². The lowest BCUT2D eigenvalue weighted by atomic mass is 9.75. The summed E-state index contributed by atoms with van der Waals surface area (Å²) in [6.07, 6.45) is 5.31. The lowest BCUT2D eigenvalue weighted by molar-refractivity contribution is -0.137. The minimum absolute atomic E-state index is 0.0945. The predicted octanol–water partition coefficient (Wildman–Crippen LogP) is 7.98. The van der Waals surface area contributed by atoms with Gasteiger partial charge in [-0.25, -0.2) is 0 Å². The molecule has 2 aromatic carbocycles. The highest BCUT2D eigenvalue weighted by Gasteiger charge is 2.32. The van der Waals surface area contributed by atoms with E-state index in [9.17, 15) is 22.8 Å². The maximum absolute atomic E-state index is 13.4. The minimum atomic E-state index is -4.38. The second kappa shape index (κ2) is 16.1. The zero-order valence-electron chi connectivity index (χ0n) is 27.3. The van der Waals surface area contributed by atoms with E-state index in [0.29, 0.717) is 54.2 Å². The van der Waals surface area contributed by atoms with E-state index in [1.807, 2.05) is 36.1 Å². The lowest BCUT2D eigenvalue weighted by Gasteiger charge is -2.36. The van der Waals surface area contributed by atoms with Gasteiger partial charge >= 0.3 is 6.18 Å². The number of benzene rings is 2. The van der Waals surface area contributed by atoms with Gasteiger partial charge in [-0.1, -0.05) is 70.0 Å². The van der Waals surface area contributed by atoms with Gasteiger partial charge in [0.15, 0.2) is 0 Å². The Balaban J connectivity index is 1.22. The van der Waals surface area contributed by atoms with E-state index >= 15 is 0 Å². The SMILES string of the molecule is CC(Cc1ccccc1C(=O)NC1CCC(C(C)CCC(C)C2CCN(C(=O)CCN)CC2)CC1)c1cccc(C(F)(F)F)c1. The van der Waals surface area contributed by atoms with Crippen molar-refractivity contribution < 1.29 is 22.8 Å². The Morgan fingerprint density at radius 2 is 1.51 bits per heavy atom. The Morgan fingerprint density at radius 3 is 2.13 bits per heavy atom. The molecule has 1 aliphatic carbocycles. The molecule has 0 bridgehead atoms. The fourth-order valence-electron chi connectivity index (χ4n) is 7.48. The number of carbonyl (C=O) groups excluding carboxylic acids is 2. The molecule has 3 atom stereocenters. The van der Waals surface area contributed by atoms with Gasteiger partial charge < -0.3 is 16.0 Å². The van der Waals surface area contributed by atoms with Gasteiger partial charge in [-0.05, 0) is 97.8 Å². The van der Waals surface area contributed by atoms with Crippen LogP contribution in [0.15, 0.2) is 48.5 Å². The molecule has 8 heteroatoms. The molecule has 1 aliphatic heterocycles. The highest BCUT2D eigenvalue weighted by Crippen LogP contribution is 2.36. The molecule has 1 heterocycles. The zero-order valence-corrected chi connectivity index (χ0v) is 27.3. The molecule has 2 amide bonds. The van der Waals surface area contributed by atoms with Crippen LogP contribution in [0.4, 0.5) is 13.2 Å². The number of rotatable bonds is 12. The number of nitrogens with one attached hydrogen (secondary N) is 1. The van der Waals surface area contributed by atoms with Crippen LogP contribution in [0.5, 0.6) is 0 Å². The summed E-state index contributed by atoms with van der Waals surface area (Å²) in [5.74, 6) is 2.58. The number of nitrogens with two attached hydrogens (primary N) is 1. The molecule has 3 unspecified atom stereocenters. The van der Waals surface area contributed by atoms with Gasteiger partial charge in [-0.3, -0.25) is 9.59 Å². The molecule has 1 saturated carbocycles. The van der Waals surface area contributed by atoms with Crippen LogP contribution < -0.4 is 11.1 Å². The van der Waals surface area contributed by atoms with Crippen LogP contribution >= 0.6 is 0 Å². The van der Waals surface area contributed by atoms with Crippen LogP contribution in [-0.2, 0) is 17.4 Å². The van der Waals surface area contributed by atoms with Crippen molar-refractivity contribution in [1.29, 1.82) is 0 Å². The topological polar surface area (TPSA) is 75.4 Å². The second-order valence-corrected chi connectivity index (χ2v) is 13.8. The average molecular weight is 628 g/mol. The molecule has 248 valence electrons. The number of piperidine rings is 1. The second-order valence-electron chi connectivity index (χ2n) is 13.8. The third-order valence-corrected chi connectivity index (χ3v) is 10.6. The Hall–Kier alpha value is -2.87. The monoisotopic (exact) mass is 627 g/mol. The summed E-state index contributed by atoms with van der Waals surface area (Å²) in [5.41, 5.74) is 6.98. The standard InChI is InChI=1S/C37H52F3N3O2/c1-25(11-12-26(2)29-18-21-43(22-19-29)35(44)17-20-41)28-13-15-33(16-14-28)42-36(45)34-10-5-4-7-31(34)23-27(3)30-8-6-9-32(24-30)37(38,39)40/h4-10,24-29,33H,11-23,41H2,1-3H3,(H,42,45). The Bertz CT molecular complexity index is 1250. The Morgan fingerprint density at radius 1 is 0.889 bits per heavy atom. The van der Waals surface area contributed by atoms with Crippen molar-refractivity contribution in [2.45, 2.75) is 103 Å². The molecule has 2 aromatic rings. The van der Waals surface area contributed by atoms with E-state index in [2.05, 4.69) is 19.2 Å². The van der Waals surface area contributed by atoms with Crippen LogP contribution in [0.25, 0.3) is 0 Å². The molecular formula is C37H52F3N3O2. The zero-order chi connectivity index (χ0) is 32.6. The number of hydrogen-bond donors (Lipinski definition) is 2. The number of carbonyl (C=O) groups is 2. The number of nitrogens with zero attached hydrogens (tertiary/aromatic N) is 1. The van der Waals surface area contributed by atoms with Crippen LogP contribution in [0.2, 0.25) is 0 Å². The molecule has 2 fully saturated rings. The summed E-state index contributed by atoms with van der Waals surface area (Å²) in [6.45, 7) is 8.80. The summed E-state index contributed by atoms with van der Waals surface area (Å²) >= 11 is 0. The highest BCUT2D eigenvalue weighted by molar-refractivity contribution is 5.95. The van der Waals surface area contributed by atoms with E-state index < -0.39 is 11.7 Å². The number of alkyl halides is 3. The van der Waals surface area contributed by atoms with E-state index in [-0.39, 0.29) is 23.8 Å². The van der Waals surface area contributed by atoms with Gasteiger partial charge in [0.1, 0.15) is 0 Å². The molecule has 5 nitrogen and oxygen atoms in total. The first kappa shape index (κ1) is 35.0. The highest BCUT2D eigenvalue weighted by atomic mass is 19.4. The van der Waals surface area contributed by atoms with E-state index in [1.165, 1.54) is 25.0 Å². The first-order valence-electron chi connectivity index (χ1n) is 17.0. The molecular weight excluding hydrogens is 575 g/mol. The smallest absolute Gasteiger partial charge is 0.349 e. The predicted molar refractivity (Wildman–Crippen MR) is 174 cm³/mol. The summed E-state index contributed by atoms with van der Waals surface area (Å²) in [7, 11) is 0. The third kappa shape index (κ3) is 9.81. The Kier molecular flexibility index (Phi) is 12.5. The maximum atomic E-state index is 13.4. The first-order chi connectivity index (χ1) is 21.5. The molecule has 1 saturated heterocycles. The summed E-state index contributed by atoms with van der Waals surface area (Å²) in [5, 5.41) is 3.27. The van der Waals surface area contributed by atoms with E-state index in [0.717, 1.165) is 63.2 Å². The largest absolute Gasteiger partial charge is 0.416 e. The van der Waals surface area contributed by atoms with Gasteiger partial charge in [0, 0.05) is 37.7 Å². The van der Waals surface area contributed by atoms with Gasteiger partial charge in [-0.2, -0.15) is 13.2 Å². The third-order valence-electron chi connectivity index (χ3n) is 10.6. The molecule has 0 spiro atoms. The molecule has 3 N–H and O–H groups in total. The van der Waals surface area contributed by atoms with Crippen molar-refractivity contribution in [2.75, 3.05) is 19.6 Å². The number of hydrogen-bond acceptors (Lipinski definition) is 3. The van der Waals surface area contributed by atoms with Gasteiger partial charge in [0.05, 0.1) is 5.56 Å². The van der Waals surface area contributed by atoms with Crippen molar-refractivity contribution in [1.82, 2.24) is 10.2 Å². The maximum Gasteiger partial charge on any atom is 0.416 e. The molecule has 2 aliphatic rings. The summed E-state index contributed by atoms with van der Waals surface area (Å²) in [6, 6.07) is 13.1. The molecule has 4 rings (SSSR count). The fourth-order valence-corrected chi connectivity index (χ4v) is 7.48. The van der Waals surface area contributed by atoms with Gasteiger partial charge in [0.25, 0.3) is 5.91 Å². The van der Waals surface area contributed by atoms with Crippen LogP contribution in [0, 0.1) is 23.7 Å². The number of likely N-dealkylation sites (tertiary alicyclic amines) is 1. The molecule has 0 aromatic heterocycles. The normalized spacial score (nSPS) is 21.6. The fraction of sp³-hybridized carbons (Fsp3) is 0.622. The van der Waals surface area contributed by atoms with Crippen LogP contribution in [-0.4, -0.2) is 42.4 Å². The average Bonchev–Trinajstić information content (AvgIpc) is 3.04. The number of halogens is 3. The quantitative estimate of drug-likeness (QED) is 0.251. The van der Waals surface area contributed by atoms with Crippen molar-refractivity contribution in [3.63, 3.8) is 0 Å². The lowest BCUT2D eigenvalue weighted by Crippen LogP contribution is -2.40. The van der Waals surface area contributed by atoms with Crippen molar-refractivity contribution >= 4 is 11.8 Å². The van der Waals surface area contributed by atoms with Crippen LogP contribution in [0.3, 0.4) is 0 Å². The summed E-state index contributed by atoms with van der Waals surface area (Å²) in [4.78, 5) is 27.5. The molecule has 45 heavy (non-hydrogen) atoms. The van der Waals surface area contributed by atoms with Crippen molar-refractivity contribution in [2.24, 2.45) is 29.4 Å². The summed E-state index contributed by atoms with van der Waals surface area (Å²) < 4.78 is 39.7.